The Morgan fingerprint density at radius 2 is 1.86 bits per heavy atom. The summed E-state index contributed by atoms with van der Waals surface area (Å²) in [6.45, 7) is 5.46. The van der Waals surface area contributed by atoms with Gasteiger partial charge < -0.3 is 5.32 Å². The normalized spacial score (nSPS) is 10.7. The first-order valence-electron chi connectivity index (χ1n) is 6.71. The number of aryl methyl sites for hydroxylation is 3. The Morgan fingerprint density at radius 1 is 1.19 bits per heavy atom. The van der Waals surface area contributed by atoms with Crippen molar-refractivity contribution in [1.82, 2.24) is 15.1 Å². The summed E-state index contributed by atoms with van der Waals surface area (Å²) in [5.74, 6) is -0.0645. The fraction of sp³-hybridized carbons (Fsp3) is 0.333. The molecule has 0 spiro atoms. The minimum absolute atomic E-state index is 0.0645. The van der Waals surface area contributed by atoms with Crippen LogP contribution in [-0.2, 0) is 6.54 Å². The Labute approximate surface area is 141 Å². The van der Waals surface area contributed by atoms with Crippen LogP contribution in [0.25, 0.3) is 0 Å². The molecular weight excluding hydrogens is 398 g/mol. The zero-order chi connectivity index (χ0) is 15.4. The lowest BCUT2D eigenvalue weighted by Gasteiger charge is -2.07. The lowest BCUT2D eigenvalue weighted by molar-refractivity contribution is 0.0952. The van der Waals surface area contributed by atoms with Crippen LogP contribution in [0.2, 0.25) is 0 Å². The molecule has 1 aromatic heterocycles. The molecule has 0 aliphatic heterocycles. The van der Waals surface area contributed by atoms with E-state index in [-0.39, 0.29) is 5.91 Å². The molecule has 21 heavy (non-hydrogen) atoms. The number of carbonyl (C=O) groups is 1. The third-order valence-corrected chi connectivity index (χ3v) is 3.98. The van der Waals surface area contributed by atoms with Gasteiger partial charge >= 0.3 is 0 Å². The molecule has 0 aliphatic rings. The molecule has 0 radical (unpaired) electrons. The largest absolute Gasteiger partial charge is 0.352 e. The van der Waals surface area contributed by atoms with Gasteiger partial charge in [0.05, 0.1) is 5.69 Å². The van der Waals surface area contributed by atoms with E-state index in [1.807, 2.05) is 24.6 Å². The smallest absolute Gasteiger partial charge is 0.251 e. The third kappa shape index (κ3) is 4.68. The molecular formula is C15H17Br2N3O. The predicted molar refractivity (Wildman–Crippen MR) is 90.5 cm³/mol. The maximum Gasteiger partial charge on any atom is 0.251 e. The van der Waals surface area contributed by atoms with Crippen LogP contribution in [-0.4, -0.2) is 22.2 Å². The molecule has 112 valence electrons. The lowest BCUT2D eigenvalue weighted by atomic mass is 10.2. The Morgan fingerprint density at radius 3 is 2.43 bits per heavy atom. The highest BCUT2D eigenvalue weighted by Gasteiger charge is 2.07. The van der Waals surface area contributed by atoms with E-state index in [1.165, 1.54) is 0 Å². The van der Waals surface area contributed by atoms with Gasteiger partial charge in [0.2, 0.25) is 0 Å². The van der Waals surface area contributed by atoms with Crippen molar-refractivity contribution in [2.75, 3.05) is 6.54 Å². The SMILES string of the molecule is Cc1cc(C)n(CCCNC(=O)c2cc(Br)cc(Br)c2)n1. The second-order valence-corrected chi connectivity index (χ2v) is 6.75. The van der Waals surface area contributed by atoms with E-state index in [9.17, 15) is 4.79 Å². The van der Waals surface area contributed by atoms with Gasteiger partial charge in [0.15, 0.2) is 0 Å². The van der Waals surface area contributed by atoms with E-state index in [4.69, 9.17) is 0 Å². The van der Waals surface area contributed by atoms with Gasteiger partial charge in [-0.15, -0.1) is 0 Å². The molecule has 1 amide bonds. The van der Waals surface area contributed by atoms with Gasteiger partial charge in [-0.05, 0) is 44.5 Å². The first-order chi connectivity index (χ1) is 9.95. The Balaban J connectivity index is 1.83. The first-order valence-corrected chi connectivity index (χ1v) is 8.29. The number of nitrogens with zero attached hydrogens (tertiary/aromatic N) is 2. The fourth-order valence-electron chi connectivity index (χ4n) is 2.12. The van der Waals surface area contributed by atoms with Gasteiger partial charge in [0.1, 0.15) is 0 Å². The number of benzene rings is 1. The summed E-state index contributed by atoms with van der Waals surface area (Å²) in [5, 5.41) is 7.33. The van der Waals surface area contributed by atoms with Crippen LogP contribution in [0.15, 0.2) is 33.2 Å². The molecule has 0 unspecified atom stereocenters. The number of rotatable bonds is 5. The Hall–Kier alpha value is -1.14. The molecule has 2 aromatic rings. The number of hydrogen-bond donors (Lipinski definition) is 1. The third-order valence-electron chi connectivity index (χ3n) is 3.06. The average Bonchev–Trinajstić information content (AvgIpc) is 2.71. The monoisotopic (exact) mass is 413 g/mol. The quantitative estimate of drug-likeness (QED) is 0.755. The number of amides is 1. The van der Waals surface area contributed by atoms with Crippen molar-refractivity contribution in [3.8, 4) is 0 Å². The molecule has 2 rings (SSSR count). The second kappa shape index (κ2) is 7.22. The zero-order valence-electron chi connectivity index (χ0n) is 12.0. The number of hydrogen-bond acceptors (Lipinski definition) is 2. The van der Waals surface area contributed by atoms with Crippen LogP contribution >= 0.6 is 31.9 Å². The van der Waals surface area contributed by atoms with Crippen LogP contribution in [0.3, 0.4) is 0 Å². The first kappa shape index (κ1) is 16.2. The van der Waals surface area contributed by atoms with Gasteiger partial charge in [-0.2, -0.15) is 5.10 Å². The molecule has 6 heteroatoms. The molecule has 1 N–H and O–H groups in total. The average molecular weight is 415 g/mol. The lowest BCUT2D eigenvalue weighted by Crippen LogP contribution is -2.25. The fourth-order valence-corrected chi connectivity index (χ4v) is 3.41. The highest BCUT2D eigenvalue weighted by Crippen LogP contribution is 2.20. The molecule has 0 bridgehead atoms. The van der Waals surface area contributed by atoms with Crippen molar-refractivity contribution in [2.45, 2.75) is 26.8 Å². The molecule has 0 aliphatic carbocycles. The second-order valence-electron chi connectivity index (χ2n) is 4.92. The van der Waals surface area contributed by atoms with Crippen LogP contribution in [0.4, 0.5) is 0 Å². The number of carbonyl (C=O) groups excluding carboxylic acids is 1. The van der Waals surface area contributed by atoms with Crippen molar-refractivity contribution in [3.63, 3.8) is 0 Å². The molecule has 1 heterocycles. The van der Waals surface area contributed by atoms with Crippen LogP contribution in [0, 0.1) is 13.8 Å². The molecule has 0 atom stereocenters. The number of aromatic nitrogens is 2. The number of nitrogens with one attached hydrogen (secondary N) is 1. The van der Waals surface area contributed by atoms with E-state index in [0.29, 0.717) is 12.1 Å². The van der Waals surface area contributed by atoms with Crippen molar-refractivity contribution in [1.29, 1.82) is 0 Å². The van der Waals surface area contributed by atoms with Crippen LogP contribution in [0.1, 0.15) is 28.2 Å². The summed E-state index contributed by atoms with van der Waals surface area (Å²) in [4.78, 5) is 12.1. The van der Waals surface area contributed by atoms with E-state index in [1.54, 1.807) is 12.1 Å². The van der Waals surface area contributed by atoms with E-state index in [0.717, 1.165) is 33.3 Å². The van der Waals surface area contributed by atoms with E-state index in [2.05, 4.69) is 48.3 Å². The van der Waals surface area contributed by atoms with Crippen molar-refractivity contribution in [3.05, 3.63) is 50.2 Å². The van der Waals surface area contributed by atoms with Crippen LogP contribution < -0.4 is 5.32 Å². The number of halogens is 2. The Kier molecular flexibility index (Phi) is 5.58. The minimum atomic E-state index is -0.0645. The standard InChI is InChI=1S/C15H17Br2N3O/c1-10-6-11(2)20(19-10)5-3-4-18-15(21)12-7-13(16)9-14(17)8-12/h6-9H,3-5H2,1-2H3,(H,18,21). The maximum absolute atomic E-state index is 12.1. The summed E-state index contributed by atoms with van der Waals surface area (Å²) >= 11 is 6.76. The minimum Gasteiger partial charge on any atom is -0.352 e. The Bertz CT molecular complexity index is 632. The van der Waals surface area contributed by atoms with Gasteiger partial charge in [0, 0.05) is 33.3 Å². The van der Waals surface area contributed by atoms with Gasteiger partial charge in [0.25, 0.3) is 5.91 Å². The summed E-state index contributed by atoms with van der Waals surface area (Å²) in [7, 11) is 0. The van der Waals surface area contributed by atoms with Crippen molar-refractivity contribution >= 4 is 37.8 Å². The summed E-state index contributed by atoms with van der Waals surface area (Å²) < 4.78 is 3.73. The predicted octanol–water partition coefficient (Wildman–Crippen LogP) is 3.85. The molecule has 0 saturated carbocycles. The summed E-state index contributed by atoms with van der Waals surface area (Å²) in [6.07, 6.45) is 0.850. The highest BCUT2D eigenvalue weighted by molar-refractivity contribution is 9.11. The molecule has 4 nitrogen and oxygen atoms in total. The van der Waals surface area contributed by atoms with Gasteiger partial charge in [-0.1, -0.05) is 31.9 Å². The molecule has 1 aromatic carbocycles. The highest BCUT2D eigenvalue weighted by atomic mass is 79.9. The van der Waals surface area contributed by atoms with Gasteiger partial charge in [-0.25, -0.2) is 0 Å². The summed E-state index contributed by atoms with van der Waals surface area (Å²) in [5.41, 5.74) is 2.81. The molecule has 0 fully saturated rings. The van der Waals surface area contributed by atoms with E-state index < -0.39 is 0 Å². The van der Waals surface area contributed by atoms with E-state index >= 15 is 0 Å². The van der Waals surface area contributed by atoms with Gasteiger partial charge in [-0.3, -0.25) is 9.48 Å². The van der Waals surface area contributed by atoms with Crippen molar-refractivity contribution < 1.29 is 4.79 Å². The zero-order valence-corrected chi connectivity index (χ0v) is 15.2. The topological polar surface area (TPSA) is 46.9 Å². The molecule has 0 saturated heterocycles. The summed E-state index contributed by atoms with van der Waals surface area (Å²) in [6, 6.07) is 7.57. The van der Waals surface area contributed by atoms with Crippen molar-refractivity contribution in [2.24, 2.45) is 0 Å². The maximum atomic E-state index is 12.1. The van der Waals surface area contributed by atoms with Crippen LogP contribution in [0.5, 0.6) is 0 Å².